The molecule has 0 fully saturated rings. The van der Waals surface area contributed by atoms with Crippen LogP contribution in [0.2, 0.25) is 5.02 Å². The van der Waals surface area contributed by atoms with Crippen molar-refractivity contribution < 1.29 is 41.1 Å². The fourth-order valence-corrected chi connectivity index (χ4v) is 4.32. The van der Waals surface area contributed by atoms with E-state index in [1.165, 1.54) is 6.07 Å². The Morgan fingerprint density at radius 3 is 2.09 bits per heavy atom. The first-order valence-corrected chi connectivity index (χ1v) is 11.3. The van der Waals surface area contributed by atoms with Crippen molar-refractivity contribution in [2.45, 2.75) is 9.79 Å². The van der Waals surface area contributed by atoms with Crippen molar-refractivity contribution in [2.75, 3.05) is 0 Å². The SMILES string of the molecule is O=[N+]([O-])c1cc(Cl)c(O)c(N=Nc2c(S(=O)(=O)O)cc3cccc(S(=O)(=O)O)c3c2O)c1. The Bertz CT molecular complexity index is 1540. The molecule has 0 aromatic heterocycles. The van der Waals surface area contributed by atoms with Crippen LogP contribution >= 0.6 is 11.6 Å². The molecule has 3 aromatic carbocycles. The smallest absolute Gasteiger partial charge is 0.296 e. The highest BCUT2D eigenvalue weighted by Gasteiger charge is 2.26. The summed E-state index contributed by atoms with van der Waals surface area (Å²) < 4.78 is 65.9. The normalized spacial score (nSPS) is 12.5. The lowest BCUT2D eigenvalue weighted by molar-refractivity contribution is -0.384. The number of fused-ring (bicyclic) bond motifs is 1. The minimum Gasteiger partial charge on any atom is -0.505 e. The van der Waals surface area contributed by atoms with Gasteiger partial charge < -0.3 is 10.2 Å². The van der Waals surface area contributed by atoms with Crippen LogP contribution in [0.1, 0.15) is 0 Å². The van der Waals surface area contributed by atoms with Gasteiger partial charge in [-0.25, -0.2) is 0 Å². The van der Waals surface area contributed by atoms with E-state index < -0.39 is 73.9 Å². The standard InChI is InChI=1S/C16H10ClN3O10S2/c17-9-5-8(20(23)24)6-10(15(9)21)18-19-14-12(32(28,29)30)4-7-2-1-3-11(31(25,26)27)13(7)16(14)22/h1-6,21-22H,(H,25,26,27)(H,28,29,30). The Balaban J connectivity index is 2.38. The predicted molar refractivity (Wildman–Crippen MR) is 109 cm³/mol. The van der Waals surface area contributed by atoms with E-state index in [9.17, 15) is 46.3 Å². The van der Waals surface area contributed by atoms with Gasteiger partial charge in [0.15, 0.2) is 11.5 Å². The van der Waals surface area contributed by atoms with Gasteiger partial charge in [0.25, 0.3) is 25.9 Å². The number of nitrogens with zero attached hydrogens (tertiary/aromatic N) is 3. The maximum absolute atomic E-state index is 11.8. The molecule has 0 amide bonds. The van der Waals surface area contributed by atoms with Crippen molar-refractivity contribution in [2.24, 2.45) is 10.2 Å². The second-order valence-corrected chi connectivity index (χ2v) is 9.32. The lowest BCUT2D eigenvalue weighted by Gasteiger charge is -2.11. The average Bonchev–Trinajstić information content (AvgIpc) is 2.67. The summed E-state index contributed by atoms with van der Waals surface area (Å²) in [6, 6.07) is 5.55. The molecule has 13 nitrogen and oxygen atoms in total. The Morgan fingerprint density at radius 2 is 1.53 bits per heavy atom. The predicted octanol–water partition coefficient (Wildman–Crippen LogP) is 3.72. The highest BCUT2D eigenvalue weighted by molar-refractivity contribution is 7.86. The number of benzene rings is 3. The molecule has 0 saturated carbocycles. The summed E-state index contributed by atoms with van der Waals surface area (Å²) in [4.78, 5) is 8.30. The van der Waals surface area contributed by atoms with E-state index in [1.807, 2.05) is 0 Å². The van der Waals surface area contributed by atoms with Crippen LogP contribution in [0.4, 0.5) is 17.1 Å². The lowest BCUT2D eigenvalue weighted by atomic mass is 10.1. The van der Waals surface area contributed by atoms with Gasteiger partial charge in [0.2, 0.25) is 0 Å². The first-order valence-electron chi connectivity index (χ1n) is 8.04. The quantitative estimate of drug-likeness (QED) is 0.171. The highest BCUT2D eigenvalue weighted by Crippen LogP contribution is 2.45. The molecule has 16 heteroatoms. The highest BCUT2D eigenvalue weighted by atomic mass is 35.5. The third kappa shape index (κ3) is 4.32. The molecule has 0 atom stereocenters. The maximum atomic E-state index is 11.8. The number of azo groups is 1. The van der Waals surface area contributed by atoms with Crippen molar-refractivity contribution in [1.29, 1.82) is 0 Å². The molecule has 0 aliphatic carbocycles. The summed E-state index contributed by atoms with van der Waals surface area (Å²) >= 11 is 5.69. The van der Waals surface area contributed by atoms with Crippen molar-refractivity contribution in [3.63, 3.8) is 0 Å². The van der Waals surface area contributed by atoms with Gasteiger partial charge in [-0.3, -0.25) is 19.2 Å². The fourth-order valence-electron chi connectivity index (χ4n) is 2.73. The third-order valence-corrected chi connectivity index (χ3v) is 6.14. The number of phenols is 2. The molecule has 0 unspecified atom stereocenters. The van der Waals surface area contributed by atoms with Crippen molar-refractivity contribution in [3.8, 4) is 11.5 Å². The summed E-state index contributed by atoms with van der Waals surface area (Å²) in [7, 11) is -9.95. The van der Waals surface area contributed by atoms with E-state index in [-0.39, 0.29) is 5.39 Å². The Labute approximate surface area is 183 Å². The van der Waals surface area contributed by atoms with Crippen molar-refractivity contribution >= 4 is 59.7 Å². The molecule has 32 heavy (non-hydrogen) atoms. The number of hydrogen-bond acceptors (Lipinski definition) is 10. The molecule has 0 saturated heterocycles. The van der Waals surface area contributed by atoms with Crippen LogP contribution in [0.25, 0.3) is 10.8 Å². The second kappa shape index (κ2) is 7.95. The largest absolute Gasteiger partial charge is 0.505 e. The maximum Gasteiger partial charge on any atom is 0.296 e. The molecule has 4 N–H and O–H groups in total. The number of nitro benzene ring substituents is 1. The van der Waals surface area contributed by atoms with Crippen LogP contribution in [0.3, 0.4) is 0 Å². The average molecular weight is 504 g/mol. The molecule has 0 bridgehead atoms. The van der Waals surface area contributed by atoms with Gasteiger partial charge in [0.1, 0.15) is 21.2 Å². The van der Waals surface area contributed by atoms with E-state index in [0.29, 0.717) is 0 Å². The Hall–Kier alpha value is -3.37. The van der Waals surface area contributed by atoms with E-state index in [4.69, 9.17) is 11.6 Å². The van der Waals surface area contributed by atoms with E-state index >= 15 is 0 Å². The van der Waals surface area contributed by atoms with E-state index in [2.05, 4.69) is 10.2 Å². The molecule has 0 aliphatic heterocycles. The number of nitro groups is 1. The summed E-state index contributed by atoms with van der Waals surface area (Å²) in [6.07, 6.45) is 0. The summed E-state index contributed by atoms with van der Waals surface area (Å²) in [6.45, 7) is 0. The number of aromatic hydroxyl groups is 2. The third-order valence-electron chi connectivity index (χ3n) is 4.09. The molecule has 168 valence electrons. The van der Waals surface area contributed by atoms with Crippen LogP contribution in [0.5, 0.6) is 11.5 Å². The van der Waals surface area contributed by atoms with Crippen molar-refractivity contribution in [3.05, 3.63) is 51.5 Å². The van der Waals surface area contributed by atoms with Crippen LogP contribution in [0.15, 0.2) is 56.4 Å². The van der Waals surface area contributed by atoms with Gasteiger partial charge in [-0.15, -0.1) is 10.2 Å². The second-order valence-electron chi connectivity index (χ2n) is 6.13. The number of rotatable bonds is 5. The molecule has 0 aliphatic rings. The monoisotopic (exact) mass is 503 g/mol. The zero-order chi connectivity index (χ0) is 24.0. The molecular weight excluding hydrogens is 494 g/mol. The minimum absolute atomic E-state index is 0.203. The number of hydrogen-bond donors (Lipinski definition) is 4. The van der Waals surface area contributed by atoms with E-state index in [1.54, 1.807) is 0 Å². The fraction of sp³-hybridized carbons (Fsp3) is 0. The molecule has 0 spiro atoms. The molecule has 3 rings (SSSR count). The van der Waals surface area contributed by atoms with Crippen LogP contribution in [-0.4, -0.2) is 41.1 Å². The van der Waals surface area contributed by atoms with Crippen LogP contribution < -0.4 is 0 Å². The Morgan fingerprint density at radius 1 is 0.906 bits per heavy atom. The lowest BCUT2D eigenvalue weighted by Crippen LogP contribution is -2.02. The van der Waals surface area contributed by atoms with Crippen molar-refractivity contribution in [1.82, 2.24) is 0 Å². The topological polar surface area (TPSA) is 217 Å². The summed E-state index contributed by atoms with van der Waals surface area (Å²) in [5, 5.41) is 37.2. The zero-order valence-corrected chi connectivity index (χ0v) is 17.6. The first-order chi connectivity index (χ1) is 14.7. The molecule has 0 radical (unpaired) electrons. The molecule has 0 heterocycles. The van der Waals surface area contributed by atoms with E-state index in [0.717, 1.165) is 30.3 Å². The number of non-ortho nitro benzene ring substituents is 1. The van der Waals surface area contributed by atoms with Gasteiger partial charge in [-0.2, -0.15) is 16.8 Å². The van der Waals surface area contributed by atoms with Gasteiger partial charge in [-0.1, -0.05) is 23.7 Å². The first kappa shape index (κ1) is 23.3. The molecular formula is C16H10ClN3O10S2. The minimum atomic E-state index is -5.06. The zero-order valence-electron chi connectivity index (χ0n) is 15.2. The van der Waals surface area contributed by atoms with Crippen LogP contribution in [0, 0.1) is 10.1 Å². The van der Waals surface area contributed by atoms with Gasteiger partial charge in [0, 0.05) is 17.5 Å². The Kier molecular flexibility index (Phi) is 5.79. The number of phenolic OH excluding ortho intramolecular Hbond substituents is 2. The summed E-state index contributed by atoms with van der Waals surface area (Å²) in [5.74, 6) is -1.88. The van der Waals surface area contributed by atoms with Gasteiger partial charge in [0.05, 0.1) is 9.95 Å². The van der Waals surface area contributed by atoms with Gasteiger partial charge >= 0.3 is 0 Å². The van der Waals surface area contributed by atoms with Crippen LogP contribution in [-0.2, 0) is 20.2 Å². The molecule has 3 aromatic rings. The number of halogens is 1. The van der Waals surface area contributed by atoms with Gasteiger partial charge in [-0.05, 0) is 17.5 Å². The summed E-state index contributed by atoms with van der Waals surface area (Å²) in [5.41, 5.74) is -2.18.